The van der Waals surface area contributed by atoms with Crippen molar-refractivity contribution >= 4 is 11.6 Å². The molecule has 0 saturated carbocycles. The van der Waals surface area contributed by atoms with E-state index in [9.17, 15) is 4.79 Å². The average molecular weight is 248 g/mol. The molecule has 4 heteroatoms. The van der Waals surface area contributed by atoms with E-state index >= 15 is 0 Å². The van der Waals surface area contributed by atoms with E-state index in [2.05, 4.69) is 0 Å². The number of rotatable bonds is 2. The SMILES string of the molecule is Cc1cc(N)cc(C(=O)N(C)C2CCOCC2)c1. The number of aryl methyl sites for hydroxylation is 1. The van der Waals surface area contributed by atoms with Crippen LogP contribution in [0.2, 0.25) is 0 Å². The molecule has 0 radical (unpaired) electrons. The van der Waals surface area contributed by atoms with Crippen molar-refractivity contribution in [2.45, 2.75) is 25.8 Å². The van der Waals surface area contributed by atoms with Crippen molar-refractivity contribution in [3.63, 3.8) is 0 Å². The normalized spacial score (nSPS) is 16.6. The van der Waals surface area contributed by atoms with Crippen molar-refractivity contribution in [3.05, 3.63) is 29.3 Å². The minimum Gasteiger partial charge on any atom is -0.399 e. The van der Waals surface area contributed by atoms with Gasteiger partial charge in [0.15, 0.2) is 0 Å². The molecule has 1 aromatic carbocycles. The summed E-state index contributed by atoms with van der Waals surface area (Å²) in [5, 5.41) is 0. The van der Waals surface area contributed by atoms with Gasteiger partial charge in [-0.05, 0) is 43.5 Å². The van der Waals surface area contributed by atoms with Crippen LogP contribution in [0.3, 0.4) is 0 Å². The molecule has 0 bridgehead atoms. The van der Waals surface area contributed by atoms with Gasteiger partial charge < -0.3 is 15.4 Å². The highest BCUT2D eigenvalue weighted by atomic mass is 16.5. The Kier molecular flexibility index (Phi) is 3.87. The molecule has 0 aliphatic carbocycles. The van der Waals surface area contributed by atoms with Gasteiger partial charge in [0.1, 0.15) is 0 Å². The number of hydrogen-bond donors (Lipinski definition) is 1. The first-order valence-corrected chi connectivity index (χ1v) is 6.30. The quantitative estimate of drug-likeness (QED) is 0.812. The summed E-state index contributed by atoms with van der Waals surface area (Å²) in [6.07, 6.45) is 1.81. The number of carbonyl (C=O) groups is 1. The maximum absolute atomic E-state index is 12.4. The Morgan fingerprint density at radius 2 is 2.00 bits per heavy atom. The van der Waals surface area contributed by atoms with Gasteiger partial charge in [0.25, 0.3) is 5.91 Å². The van der Waals surface area contributed by atoms with Crippen LogP contribution in [0.1, 0.15) is 28.8 Å². The van der Waals surface area contributed by atoms with Crippen molar-refractivity contribution in [1.29, 1.82) is 0 Å². The molecule has 2 N–H and O–H groups in total. The van der Waals surface area contributed by atoms with Gasteiger partial charge in [0.05, 0.1) is 0 Å². The summed E-state index contributed by atoms with van der Waals surface area (Å²) in [6, 6.07) is 5.76. The standard InChI is InChI=1S/C14H20N2O2/c1-10-7-11(9-12(15)8-10)14(17)16(2)13-3-5-18-6-4-13/h7-9,13H,3-6,15H2,1-2H3. The summed E-state index contributed by atoms with van der Waals surface area (Å²) in [5.74, 6) is 0.0392. The van der Waals surface area contributed by atoms with E-state index in [4.69, 9.17) is 10.5 Å². The monoisotopic (exact) mass is 248 g/mol. The van der Waals surface area contributed by atoms with Crippen molar-refractivity contribution in [3.8, 4) is 0 Å². The zero-order chi connectivity index (χ0) is 13.1. The van der Waals surface area contributed by atoms with Crippen LogP contribution >= 0.6 is 0 Å². The van der Waals surface area contributed by atoms with Gasteiger partial charge >= 0.3 is 0 Å². The molecule has 0 spiro atoms. The first-order chi connectivity index (χ1) is 8.58. The van der Waals surface area contributed by atoms with E-state index in [-0.39, 0.29) is 11.9 Å². The smallest absolute Gasteiger partial charge is 0.253 e. The number of anilines is 1. The lowest BCUT2D eigenvalue weighted by atomic mass is 10.0. The number of ether oxygens (including phenoxy) is 1. The molecule has 18 heavy (non-hydrogen) atoms. The summed E-state index contributed by atoms with van der Waals surface area (Å²) in [7, 11) is 1.86. The van der Waals surface area contributed by atoms with Crippen molar-refractivity contribution in [2.75, 3.05) is 26.0 Å². The molecule has 98 valence electrons. The molecule has 2 rings (SSSR count). The topological polar surface area (TPSA) is 55.6 Å². The van der Waals surface area contributed by atoms with Gasteiger partial charge in [-0.15, -0.1) is 0 Å². The Hall–Kier alpha value is -1.55. The Bertz CT molecular complexity index is 419. The van der Waals surface area contributed by atoms with E-state index in [1.54, 1.807) is 6.07 Å². The van der Waals surface area contributed by atoms with Crippen LogP contribution in [-0.2, 0) is 4.74 Å². The summed E-state index contributed by atoms with van der Waals surface area (Å²) in [5.41, 5.74) is 8.10. The van der Waals surface area contributed by atoms with E-state index in [0.29, 0.717) is 11.3 Å². The molecule has 0 atom stereocenters. The molecule has 1 aromatic rings. The second-order valence-electron chi connectivity index (χ2n) is 4.89. The Labute approximate surface area is 108 Å². The average Bonchev–Trinajstić information content (AvgIpc) is 2.37. The van der Waals surface area contributed by atoms with Gasteiger partial charge in [-0.3, -0.25) is 4.79 Å². The van der Waals surface area contributed by atoms with Gasteiger partial charge in [0.2, 0.25) is 0 Å². The van der Waals surface area contributed by atoms with Crippen LogP contribution in [0.25, 0.3) is 0 Å². The number of nitrogens with zero attached hydrogens (tertiary/aromatic N) is 1. The van der Waals surface area contributed by atoms with Gasteiger partial charge in [-0.1, -0.05) is 0 Å². The van der Waals surface area contributed by atoms with Crippen LogP contribution in [0.15, 0.2) is 18.2 Å². The molecule has 1 aliphatic heterocycles. The minimum absolute atomic E-state index is 0.0392. The summed E-state index contributed by atoms with van der Waals surface area (Å²) >= 11 is 0. The molecule has 1 heterocycles. The predicted octanol–water partition coefficient (Wildman–Crippen LogP) is 1.83. The van der Waals surface area contributed by atoms with Crippen LogP contribution in [-0.4, -0.2) is 37.1 Å². The summed E-state index contributed by atoms with van der Waals surface area (Å²) in [4.78, 5) is 14.2. The number of amides is 1. The van der Waals surface area contributed by atoms with Crippen molar-refractivity contribution in [1.82, 2.24) is 4.90 Å². The highest BCUT2D eigenvalue weighted by Gasteiger charge is 2.23. The Morgan fingerprint density at radius 3 is 2.61 bits per heavy atom. The van der Waals surface area contributed by atoms with E-state index in [1.807, 2.05) is 31.0 Å². The molecule has 1 fully saturated rings. The van der Waals surface area contributed by atoms with Crippen LogP contribution in [0.4, 0.5) is 5.69 Å². The van der Waals surface area contributed by atoms with Crippen molar-refractivity contribution < 1.29 is 9.53 Å². The third-order valence-electron chi connectivity index (χ3n) is 3.41. The fraction of sp³-hybridized carbons (Fsp3) is 0.500. The molecular weight excluding hydrogens is 228 g/mol. The first kappa shape index (κ1) is 12.9. The lowest BCUT2D eigenvalue weighted by molar-refractivity contribution is 0.0362. The highest BCUT2D eigenvalue weighted by Crippen LogP contribution is 2.18. The van der Waals surface area contributed by atoms with Gasteiger partial charge in [-0.2, -0.15) is 0 Å². The molecule has 0 aromatic heterocycles. The molecule has 1 saturated heterocycles. The third-order valence-corrected chi connectivity index (χ3v) is 3.41. The van der Waals surface area contributed by atoms with Crippen LogP contribution in [0.5, 0.6) is 0 Å². The minimum atomic E-state index is 0.0392. The third kappa shape index (κ3) is 2.82. The number of nitrogens with two attached hydrogens (primary N) is 1. The van der Waals surface area contributed by atoms with Crippen LogP contribution in [0, 0.1) is 6.92 Å². The Morgan fingerprint density at radius 1 is 1.33 bits per heavy atom. The number of hydrogen-bond acceptors (Lipinski definition) is 3. The van der Waals surface area contributed by atoms with Crippen LogP contribution < -0.4 is 5.73 Å². The predicted molar refractivity (Wildman–Crippen MR) is 71.5 cm³/mol. The van der Waals surface area contributed by atoms with E-state index < -0.39 is 0 Å². The fourth-order valence-corrected chi connectivity index (χ4v) is 2.38. The largest absolute Gasteiger partial charge is 0.399 e. The first-order valence-electron chi connectivity index (χ1n) is 6.30. The second-order valence-corrected chi connectivity index (χ2v) is 4.89. The lowest BCUT2D eigenvalue weighted by Gasteiger charge is -2.31. The maximum Gasteiger partial charge on any atom is 0.253 e. The molecule has 1 aliphatic rings. The molecular formula is C14H20N2O2. The molecule has 0 unspecified atom stereocenters. The summed E-state index contributed by atoms with van der Waals surface area (Å²) in [6.45, 7) is 3.41. The van der Waals surface area contributed by atoms with Crippen molar-refractivity contribution in [2.24, 2.45) is 0 Å². The van der Waals surface area contributed by atoms with Gasteiger partial charge in [0, 0.05) is 37.6 Å². The fourth-order valence-electron chi connectivity index (χ4n) is 2.38. The van der Waals surface area contributed by atoms with Gasteiger partial charge in [-0.25, -0.2) is 0 Å². The van der Waals surface area contributed by atoms with E-state index in [1.165, 1.54) is 0 Å². The zero-order valence-electron chi connectivity index (χ0n) is 11.0. The lowest BCUT2D eigenvalue weighted by Crippen LogP contribution is -2.40. The number of benzene rings is 1. The summed E-state index contributed by atoms with van der Waals surface area (Å²) < 4.78 is 5.32. The number of carbonyl (C=O) groups excluding carboxylic acids is 1. The molecule has 4 nitrogen and oxygen atoms in total. The Balaban J connectivity index is 2.14. The number of nitrogen functional groups attached to an aromatic ring is 1. The highest BCUT2D eigenvalue weighted by molar-refractivity contribution is 5.95. The van der Waals surface area contributed by atoms with E-state index in [0.717, 1.165) is 31.6 Å². The zero-order valence-corrected chi connectivity index (χ0v) is 11.0. The molecule has 1 amide bonds. The maximum atomic E-state index is 12.4. The second kappa shape index (κ2) is 5.40.